The number of phenolic OH excluding ortho intramolecular Hbond substituents is 1. The molecule has 11 heavy (non-hydrogen) atoms. The molecule has 0 saturated heterocycles. The van der Waals surface area contributed by atoms with Gasteiger partial charge in [-0.25, -0.2) is 0 Å². The molecule has 0 aliphatic heterocycles. The lowest BCUT2D eigenvalue weighted by Gasteiger charge is -2.05. The van der Waals surface area contributed by atoms with E-state index in [1.807, 2.05) is 19.1 Å². The zero-order valence-corrected chi connectivity index (χ0v) is 7.09. The fourth-order valence-corrected chi connectivity index (χ4v) is 1.26. The van der Waals surface area contributed by atoms with E-state index in [1.54, 1.807) is 6.07 Å². The van der Waals surface area contributed by atoms with Gasteiger partial charge in [0.25, 0.3) is 0 Å². The monoisotopic (exact) mass is 150 g/mol. The Morgan fingerprint density at radius 2 is 2.09 bits per heavy atom. The van der Waals surface area contributed by atoms with Gasteiger partial charge in [-0.2, -0.15) is 0 Å². The molecule has 0 aliphatic carbocycles. The first-order valence-electron chi connectivity index (χ1n) is 4.03. The van der Waals surface area contributed by atoms with Crippen molar-refractivity contribution in [2.45, 2.75) is 26.7 Å². The summed E-state index contributed by atoms with van der Waals surface area (Å²) in [6, 6.07) is 5.66. The van der Waals surface area contributed by atoms with Crippen molar-refractivity contribution in [1.82, 2.24) is 0 Å². The summed E-state index contributed by atoms with van der Waals surface area (Å²) in [4.78, 5) is 0. The maximum Gasteiger partial charge on any atom is 0.119 e. The van der Waals surface area contributed by atoms with E-state index in [4.69, 9.17) is 0 Å². The Hall–Kier alpha value is -0.980. The van der Waals surface area contributed by atoms with Crippen LogP contribution < -0.4 is 0 Å². The molecule has 1 N–H and O–H groups in total. The first-order valence-corrected chi connectivity index (χ1v) is 4.03. The van der Waals surface area contributed by atoms with Crippen molar-refractivity contribution in [3.05, 3.63) is 29.3 Å². The summed E-state index contributed by atoms with van der Waals surface area (Å²) in [7, 11) is 0. The van der Waals surface area contributed by atoms with Gasteiger partial charge in [0, 0.05) is 0 Å². The molecule has 0 unspecified atom stereocenters. The second kappa shape index (κ2) is 3.42. The molecule has 1 rings (SSSR count). The first-order chi connectivity index (χ1) is 5.25. The minimum Gasteiger partial charge on any atom is -0.508 e. The van der Waals surface area contributed by atoms with Gasteiger partial charge in [0.1, 0.15) is 5.75 Å². The summed E-state index contributed by atoms with van der Waals surface area (Å²) in [5.41, 5.74) is 2.28. The molecular formula is C10H14O. The first kappa shape index (κ1) is 8.12. The van der Waals surface area contributed by atoms with E-state index >= 15 is 0 Å². The Labute approximate surface area is 67.7 Å². The van der Waals surface area contributed by atoms with Crippen LogP contribution in [0.15, 0.2) is 18.2 Å². The van der Waals surface area contributed by atoms with Crippen molar-refractivity contribution >= 4 is 0 Å². The van der Waals surface area contributed by atoms with E-state index in [0.717, 1.165) is 18.4 Å². The Morgan fingerprint density at radius 3 is 2.64 bits per heavy atom. The average molecular weight is 150 g/mol. The second-order valence-electron chi connectivity index (χ2n) is 2.82. The Bertz CT molecular complexity index is 220. The van der Waals surface area contributed by atoms with Crippen LogP contribution in [0.5, 0.6) is 5.75 Å². The molecule has 1 nitrogen and oxygen atoms in total. The largest absolute Gasteiger partial charge is 0.508 e. The predicted octanol–water partition coefficient (Wildman–Crippen LogP) is 2.65. The van der Waals surface area contributed by atoms with E-state index in [-0.39, 0.29) is 0 Å². The fourth-order valence-electron chi connectivity index (χ4n) is 1.26. The Kier molecular flexibility index (Phi) is 2.53. The molecular weight excluding hydrogens is 136 g/mol. The van der Waals surface area contributed by atoms with Crippen LogP contribution in [0.4, 0.5) is 0 Å². The van der Waals surface area contributed by atoms with Crippen molar-refractivity contribution in [3.8, 4) is 5.75 Å². The van der Waals surface area contributed by atoms with Gasteiger partial charge in [0.2, 0.25) is 0 Å². The molecule has 0 heterocycles. The van der Waals surface area contributed by atoms with Gasteiger partial charge in [-0.1, -0.05) is 25.5 Å². The highest BCUT2D eigenvalue weighted by Gasteiger charge is 2.01. The van der Waals surface area contributed by atoms with Crippen LogP contribution >= 0.6 is 0 Å². The zero-order chi connectivity index (χ0) is 8.27. The molecule has 0 radical (unpaired) electrons. The van der Waals surface area contributed by atoms with Gasteiger partial charge in [-0.05, 0) is 30.5 Å². The third-order valence-corrected chi connectivity index (χ3v) is 1.89. The second-order valence-corrected chi connectivity index (χ2v) is 2.82. The van der Waals surface area contributed by atoms with E-state index in [1.165, 1.54) is 5.56 Å². The average Bonchev–Trinajstić information content (AvgIpc) is 1.97. The normalized spacial score (nSPS) is 10.0. The maximum atomic E-state index is 9.42. The van der Waals surface area contributed by atoms with Gasteiger partial charge in [0.05, 0.1) is 0 Å². The molecule has 0 atom stereocenters. The Morgan fingerprint density at radius 1 is 1.36 bits per heavy atom. The lowest BCUT2D eigenvalue weighted by Crippen LogP contribution is -1.88. The number of rotatable bonds is 2. The number of aryl methyl sites for hydroxylation is 1. The van der Waals surface area contributed by atoms with Crippen molar-refractivity contribution in [1.29, 1.82) is 0 Å². The van der Waals surface area contributed by atoms with Gasteiger partial charge >= 0.3 is 0 Å². The van der Waals surface area contributed by atoms with Crippen LogP contribution in [0.3, 0.4) is 0 Å². The summed E-state index contributed by atoms with van der Waals surface area (Å²) in [5.74, 6) is 0.437. The molecule has 0 aromatic heterocycles. The van der Waals surface area contributed by atoms with E-state index in [2.05, 4.69) is 6.92 Å². The van der Waals surface area contributed by atoms with E-state index in [0.29, 0.717) is 5.75 Å². The van der Waals surface area contributed by atoms with Gasteiger partial charge in [-0.3, -0.25) is 0 Å². The minimum atomic E-state index is 0.437. The van der Waals surface area contributed by atoms with Crippen molar-refractivity contribution < 1.29 is 5.11 Å². The van der Waals surface area contributed by atoms with Crippen molar-refractivity contribution in [2.75, 3.05) is 0 Å². The smallest absolute Gasteiger partial charge is 0.119 e. The fraction of sp³-hybridized carbons (Fsp3) is 0.400. The minimum absolute atomic E-state index is 0.437. The summed E-state index contributed by atoms with van der Waals surface area (Å²) in [5, 5.41) is 9.42. The molecule has 0 spiro atoms. The molecule has 0 amide bonds. The molecule has 1 aromatic rings. The highest BCUT2D eigenvalue weighted by Crippen LogP contribution is 2.21. The molecule has 0 saturated carbocycles. The van der Waals surface area contributed by atoms with Gasteiger partial charge in [-0.15, -0.1) is 0 Å². The number of phenols is 1. The van der Waals surface area contributed by atoms with Gasteiger partial charge in [0.15, 0.2) is 0 Å². The molecule has 0 fully saturated rings. The maximum absolute atomic E-state index is 9.42. The third-order valence-electron chi connectivity index (χ3n) is 1.89. The molecule has 60 valence electrons. The predicted molar refractivity (Wildman–Crippen MR) is 46.8 cm³/mol. The lowest BCUT2D eigenvalue weighted by atomic mass is 10.0. The van der Waals surface area contributed by atoms with Crippen LogP contribution in [0, 0.1) is 6.92 Å². The zero-order valence-electron chi connectivity index (χ0n) is 7.09. The Balaban J connectivity index is 3.00. The highest BCUT2D eigenvalue weighted by atomic mass is 16.3. The number of hydrogen-bond donors (Lipinski definition) is 1. The van der Waals surface area contributed by atoms with Crippen LogP contribution in [0.2, 0.25) is 0 Å². The molecule has 0 bridgehead atoms. The molecule has 1 heteroatoms. The van der Waals surface area contributed by atoms with Crippen LogP contribution in [0.1, 0.15) is 24.5 Å². The molecule has 1 aromatic carbocycles. The van der Waals surface area contributed by atoms with E-state index in [9.17, 15) is 5.11 Å². The van der Waals surface area contributed by atoms with Crippen LogP contribution in [-0.2, 0) is 6.42 Å². The third kappa shape index (κ3) is 1.73. The lowest BCUT2D eigenvalue weighted by molar-refractivity contribution is 0.467. The van der Waals surface area contributed by atoms with Crippen LogP contribution in [-0.4, -0.2) is 5.11 Å². The molecule has 0 aliphatic rings. The number of benzene rings is 1. The standard InChI is InChI=1S/C10H14O/c1-3-5-9-8(2)6-4-7-10(9)11/h4,6-7,11H,3,5H2,1-2H3. The topological polar surface area (TPSA) is 20.2 Å². The van der Waals surface area contributed by atoms with Gasteiger partial charge < -0.3 is 5.11 Å². The number of hydrogen-bond acceptors (Lipinski definition) is 1. The summed E-state index contributed by atoms with van der Waals surface area (Å²) in [6.07, 6.45) is 2.05. The number of aromatic hydroxyl groups is 1. The highest BCUT2D eigenvalue weighted by molar-refractivity contribution is 5.38. The van der Waals surface area contributed by atoms with Crippen LogP contribution in [0.25, 0.3) is 0 Å². The van der Waals surface area contributed by atoms with E-state index < -0.39 is 0 Å². The van der Waals surface area contributed by atoms with Crippen molar-refractivity contribution in [3.63, 3.8) is 0 Å². The summed E-state index contributed by atoms with van der Waals surface area (Å²) >= 11 is 0. The summed E-state index contributed by atoms with van der Waals surface area (Å²) in [6.45, 7) is 4.15. The quantitative estimate of drug-likeness (QED) is 0.687. The van der Waals surface area contributed by atoms with Crippen molar-refractivity contribution in [2.24, 2.45) is 0 Å². The SMILES string of the molecule is CCCc1c(C)cccc1O. The summed E-state index contributed by atoms with van der Waals surface area (Å²) < 4.78 is 0.